The van der Waals surface area contributed by atoms with E-state index in [1.807, 2.05) is 53.3 Å². The maximum atomic E-state index is 4.34. The van der Waals surface area contributed by atoms with Crippen LogP contribution in [0.25, 0.3) is 11.8 Å². The van der Waals surface area contributed by atoms with E-state index in [-0.39, 0.29) is 0 Å². The van der Waals surface area contributed by atoms with Gasteiger partial charge in [0.05, 0.1) is 5.70 Å². The van der Waals surface area contributed by atoms with E-state index < -0.39 is 0 Å². The molecule has 92 valence electrons. The van der Waals surface area contributed by atoms with Crippen LogP contribution in [-0.2, 0) is 0 Å². The van der Waals surface area contributed by atoms with Crippen LogP contribution in [0.3, 0.4) is 0 Å². The van der Waals surface area contributed by atoms with Crippen molar-refractivity contribution in [2.75, 3.05) is 0 Å². The van der Waals surface area contributed by atoms with Crippen molar-refractivity contribution in [1.29, 1.82) is 0 Å². The Kier molecular flexibility index (Phi) is 3.24. The first kappa shape index (κ1) is 11.5. The summed E-state index contributed by atoms with van der Waals surface area (Å²) in [5, 5.41) is 4.34. The lowest BCUT2D eigenvalue weighted by molar-refractivity contribution is 0.908. The van der Waals surface area contributed by atoms with Crippen molar-refractivity contribution in [3.8, 4) is 0 Å². The zero-order chi connectivity index (χ0) is 12.9. The van der Waals surface area contributed by atoms with E-state index in [0.29, 0.717) is 0 Å². The van der Waals surface area contributed by atoms with Crippen LogP contribution in [0.15, 0.2) is 79.1 Å². The van der Waals surface area contributed by atoms with Crippen molar-refractivity contribution in [2.45, 2.75) is 0 Å². The summed E-state index contributed by atoms with van der Waals surface area (Å²) in [6, 6.07) is 22.5. The highest BCUT2D eigenvalue weighted by molar-refractivity contribution is 5.80. The first-order chi connectivity index (χ1) is 9.43. The van der Waals surface area contributed by atoms with Gasteiger partial charge in [-0.25, -0.2) is 4.68 Å². The summed E-state index contributed by atoms with van der Waals surface area (Å²) in [6.45, 7) is 0. The standard InChI is InChI=1S/C17H14N2/c1-3-8-15(9-4-1)14-17(19-13-7-12-18-19)16-10-5-2-6-11-16/h1-14H/b17-14+. The lowest BCUT2D eigenvalue weighted by Crippen LogP contribution is -1.99. The number of nitrogens with zero attached hydrogens (tertiary/aromatic N) is 2. The molecule has 2 heteroatoms. The summed E-state index contributed by atoms with van der Waals surface area (Å²) in [7, 11) is 0. The van der Waals surface area contributed by atoms with Gasteiger partial charge in [0, 0.05) is 18.0 Å². The van der Waals surface area contributed by atoms with Crippen LogP contribution in [0, 0.1) is 0 Å². The van der Waals surface area contributed by atoms with E-state index in [9.17, 15) is 0 Å². The first-order valence-corrected chi connectivity index (χ1v) is 6.26. The fourth-order valence-corrected chi connectivity index (χ4v) is 2.01. The van der Waals surface area contributed by atoms with E-state index >= 15 is 0 Å². The molecular formula is C17H14N2. The van der Waals surface area contributed by atoms with Gasteiger partial charge in [0.25, 0.3) is 0 Å². The molecule has 0 aliphatic rings. The topological polar surface area (TPSA) is 17.8 Å². The predicted molar refractivity (Wildman–Crippen MR) is 78.4 cm³/mol. The number of benzene rings is 2. The van der Waals surface area contributed by atoms with Crippen molar-refractivity contribution in [2.24, 2.45) is 0 Å². The van der Waals surface area contributed by atoms with Gasteiger partial charge in [0.2, 0.25) is 0 Å². The summed E-state index contributed by atoms with van der Waals surface area (Å²) < 4.78 is 1.89. The Morgan fingerprint density at radius 1 is 0.842 bits per heavy atom. The number of hydrogen-bond acceptors (Lipinski definition) is 1. The minimum Gasteiger partial charge on any atom is -0.240 e. The molecule has 0 saturated carbocycles. The lowest BCUT2D eigenvalue weighted by atomic mass is 10.1. The molecule has 0 bridgehead atoms. The molecule has 0 spiro atoms. The van der Waals surface area contributed by atoms with Gasteiger partial charge in [-0.05, 0) is 17.7 Å². The molecule has 3 rings (SSSR count). The molecular weight excluding hydrogens is 232 g/mol. The first-order valence-electron chi connectivity index (χ1n) is 6.26. The number of aromatic nitrogens is 2. The molecule has 2 aromatic carbocycles. The average Bonchev–Trinajstić information content (AvgIpc) is 3.01. The van der Waals surface area contributed by atoms with Gasteiger partial charge >= 0.3 is 0 Å². The fraction of sp³-hybridized carbons (Fsp3) is 0. The molecule has 0 amide bonds. The highest BCUT2D eigenvalue weighted by Crippen LogP contribution is 2.19. The molecule has 0 unspecified atom stereocenters. The summed E-state index contributed by atoms with van der Waals surface area (Å²) in [5.41, 5.74) is 3.38. The molecule has 0 radical (unpaired) electrons. The molecule has 1 aromatic heterocycles. The Balaban J connectivity index is 2.10. The van der Waals surface area contributed by atoms with E-state index in [2.05, 4.69) is 35.4 Å². The Morgan fingerprint density at radius 3 is 2.16 bits per heavy atom. The fourth-order valence-electron chi connectivity index (χ4n) is 2.01. The van der Waals surface area contributed by atoms with Crippen molar-refractivity contribution in [1.82, 2.24) is 9.78 Å². The van der Waals surface area contributed by atoms with Gasteiger partial charge in [-0.2, -0.15) is 5.10 Å². The third-order valence-corrected chi connectivity index (χ3v) is 2.92. The van der Waals surface area contributed by atoms with Crippen LogP contribution >= 0.6 is 0 Å². The summed E-state index contributed by atoms with van der Waals surface area (Å²) in [5.74, 6) is 0. The Hall–Kier alpha value is -2.61. The van der Waals surface area contributed by atoms with Gasteiger partial charge in [-0.3, -0.25) is 0 Å². The largest absolute Gasteiger partial charge is 0.240 e. The Bertz CT molecular complexity index is 653. The quantitative estimate of drug-likeness (QED) is 0.640. The van der Waals surface area contributed by atoms with Crippen molar-refractivity contribution >= 4 is 11.8 Å². The van der Waals surface area contributed by atoms with Crippen LogP contribution in [0.2, 0.25) is 0 Å². The van der Waals surface area contributed by atoms with Crippen molar-refractivity contribution < 1.29 is 0 Å². The van der Waals surface area contributed by atoms with Gasteiger partial charge < -0.3 is 0 Å². The summed E-state index contributed by atoms with van der Waals surface area (Å²) in [4.78, 5) is 0. The second kappa shape index (κ2) is 5.36. The van der Waals surface area contributed by atoms with Crippen LogP contribution in [0.1, 0.15) is 11.1 Å². The molecule has 0 fully saturated rings. The molecule has 2 nitrogen and oxygen atoms in total. The monoisotopic (exact) mass is 246 g/mol. The van der Waals surface area contributed by atoms with Crippen LogP contribution in [0.4, 0.5) is 0 Å². The number of hydrogen-bond donors (Lipinski definition) is 0. The predicted octanol–water partition coefficient (Wildman–Crippen LogP) is 3.93. The Morgan fingerprint density at radius 2 is 1.53 bits per heavy atom. The van der Waals surface area contributed by atoms with E-state index in [0.717, 1.165) is 16.8 Å². The van der Waals surface area contributed by atoms with Gasteiger partial charge in [-0.15, -0.1) is 0 Å². The Labute approximate surface area is 112 Å². The smallest absolute Gasteiger partial charge is 0.0723 e. The van der Waals surface area contributed by atoms with Crippen molar-refractivity contribution in [3.63, 3.8) is 0 Å². The highest BCUT2D eigenvalue weighted by Gasteiger charge is 2.04. The molecule has 0 saturated heterocycles. The molecule has 0 N–H and O–H groups in total. The molecule has 0 aliphatic heterocycles. The SMILES string of the molecule is C(=C(/c1ccccc1)n1cccn1)/c1ccccc1. The lowest BCUT2D eigenvalue weighted by Gasteiger charge is -2.08. The molecule has 0 aliphatic carbocycles. The molecule has 1 heterocycles. The van der Waals surface area contributed by atoms with Gasteiger partial charge in [0.15, 0.2) is 0 Å². The zero-order valence-corrected chi connectivity index (χ0v) is 10.5. The highest BCUT2D eigenvalue weighted by atomic mass is 15.3. The molecule has 19 heavy (non-hydrogen) atoms. The van der Waals surface area contributed by atoms with E-state index in [1.54, 1.807) is 6.20 Å². The van der Waals surface area contributed by atoms with Gasteiger partial charge in [-0.1, -0.05) is 60.7 Å². The summed E-state index contributed by atoms with van der Waals surface area (Å²) >= 11 is 0. The third-order valence-electron chi connectivity index (χ3n) is 2.92. The zero-order valence-electron chi connectivity index (χ0n) is 10.5. The minimum absolute atomic E-state index is 1.07. The van der Waals surface area contributed by atoms with Crippen LogP contribution in [-0.4, -0.2) is 9.78 Å². The van der Waals surface area contributed by atoms with Crippen molar-refractivity contribution in [3.05, 3.63) is 90.3 Å². The maximum absolute atomic E-state index is 4.34. The maximum Gasteiger partial charge on any atom is 0.0723 e. The second-order valence-corrected chi connectivity index (χ2v) is 4.26. The number of rotatable bonds is 3. The molecule has 3 aromatic rings. The third kappa shape index (κ3) is 2.63. The van der Waals surface area contributed by atoms with Gasteiger partial charge in [0.1, 0.15) is 0 Å². The molecule has 0 atom stereocenters. The van der Waals surface area contributed by atoms with E-state index in [4.69, 9.17) is 0 Å². The minimum atomic E-state index is 1.07. The summed E-state index contributed by atoms with van der Waals surface area (Å²) in [6.07, 6.45) is 5.89. The van der Waals surface area contributed by atoms with Crippen LogP contribution in [0.5, 0.6) is 0 Å². The second-order valence-electron chi connectivity index (χ2n) is 4.26. The van der Waals surface area contributed by atoms with E-state index in [1.165, 1.54) is 0 Å². The average molecular weight is 246 g/mol. The van der Waals surface area contributed by atoms with Crippen LogP contribution < -0.4 is 0 Å². The normalized spacial score (nSPS) is 11.5.